The maximum atomic E-state index is 8.69. The standard InChI is InChI=1S/C8H19NO2/c1-8(2,4-6-10)9-5-7-11-3/h9-10H,4-7H2,1-3H3. The van der Waals surface area contributed by atoms with Crippen LogP contribution in [0.1, 0.15) is 20.3 Å². The molecule has 2 N–H and O–H groups in total. The average Bonchev–Trinajstić information content (AvgIpc) is 1.87. The predicted octanol–water partition coefficient (Wildman–Crippen LogP) is 0.383. The van der Waals surface area contributed by atoms with Gasteiger partial charge in [-0.3, -0.25) is 0 Å². The van der Waals surface area contributed by atoms with E-state index in [9.17, 15) is 0 Å². The van der Waals surface area contributed by atoms with Crippen LogP contribution in [0, 0.1) is 0 Å². The summed E-state index contributed by atoms with van der Waals surface area (Å²) in [6.45, 7) is 5.92. The molecule has 0 heterocycles. The van der Waals surface area contributed by atoms with Gasteiger partial charge in [0.1, 0.15) is 0 Å². The highest BCUT2D eigenvalue weighted by Gasteiger charge is 2.14. The van der Waals surface area contributed by atoms with Gasteiger partial charge < -0.3 is 15.2 Å². The van der Waals surface area contributed by atoms with Crippen LogP contribution in [0.2, 0.25) is 0 Å². The number of hydrogen-bond acceptors (Lipinski definition) is 3. The quantitative estimate of drug-likeness (QED) is 0.553. The Balaban J connectivity index is 3.38. The third-order valence-corrected chi connectivity index (χ3v) is 1.65. The van der Waals surface area contributed by atoms with Crippen LogP contribution in [0.25, 0.3) is 0 Å². The Kier molecular flexibility index (Phi) is 5.46. The van der Waals surface area contributed by atoms with E-state index in [1.54, 1.807) is 7.11 Å². The molecule has 0 radical (unpaired) electrons. The SMILES string of the molecule is COCCNC(C)(C)CCO. The summed E-state index contributed by atoms with van der Waals surface area (Å²) in [7, 11) is 1.68. The summed E-state index contributed by atoms with van der Waals surface area (Å²) in [5.74, 6) is 0. The molecule has 11 heavy (non-hydrogen) atoms. The molecule has 0 atom stereocenters. The lowest BCUT2D eigenvalue weighted by atomic mass is 10.0. The third-order valence-electron chi connectivity index (χ3n) is 1.65. The van der Waals surface area contributed by atoms with Crippen LogP contribution in [0.15, 0.2) is 0 Å². The lowest BCUT2D eigenvalue weighted by Gasteiger charge is -2.25. The van der Waals surface area contributed by atoms with Gasteiger partial charge >= 0.3 is 0 Å². The fraction of sp³-hybridized carbons (Fsp3) is 1.00. The molecule has 3 nitrogen and oxygen atoms in total. The van der Waals surface area contributed by atoms with Crippen LogP contribution < -0.4 is 5.32 Å². The number of ether oxygens (including phenoxy) is 1. The van der Waals surface area contributed by atoms with Gasteiger partial charge in [0.25, 0.3) is 0 Å². The molecule has 0 unspecified atom stereocenters. The van der Waals surface area contributed by atoms with Crippen LogP contribution in [0.4, 0.5) is 0 Å². The summed E-state index contributed by atoms with van der Waals surface area (Å²) in [6.07, 6.45) is 0.775. The Labute approximate surface area is 68.8 Å². The van der Waals surface area contributed by atoms with Crippen molar-refractivity contribution in [2.45, 2.75) is 25.8 Å². The number of hydrogen-bond donors (Lipinski definition) is 2. The summed E-state index contributed by atoms with van der Waals surface area (Å²) in [4.78, 5) is 0. The minimum absolute atomic E-state index is 0.0211. The van der Waals surface area contributed by atoms with E-state index in [4.69, 9.17) is 9.84 Å². The normalized spacial score (nSPS) is 12.0. The summed E-state index contributed by atoms with van der Waals surface area (Å²) < 4.78 is 4.89. The van der Waals surface area contributed by atoms with Gasteiger partial charge in [-0.25, -0.2) is 0 Å². The second-order valence-corrected chi connectivity index (χ2v) is 3.28. The predicted molar refractivity (Wildman–Crippen MR) is 45.7 cm³/mol. The number of aliphatic hydroxyl groups excluding tert-OH is 1. The molecule has 0 saturated heterocycles. The van der Waals surface area contributed by atoms with Gasteiger partial charge in [0, 0.05) is 25.8 Å². The second-order valence-electron chi connectivity index (χ2n) is 3.28. The van der Waals surface area contributed by atoms with Gasteiger partial charge in [0.15, 0.2) is 0 Å². The first-order chi connectivity index (χ1) is 5.12. The molecular formula is C8H19NO2. The fourth-order valence-corrected chi connectivity index (χ4v) is 0.859. The smallest absolute Gasteiger partial charge is 0.0587 e. The average molecular weight is 161 g/mol. The summed E-state index contributed by atoms with van der Waals surface area (Å²) in [6, 6.07) is 0. The minimum Gasteiger partial charge on any atom is -0.396 e. The number of methoxy groups -OCH3 is 1. The van der Waals surface area contributed by atoms with Gasteiger partial charge in [-0.15, -0.1) is 0 Å². The molecule has 0 saturated carbocycles. The Morgan fingerprint density at radius 1 is 1.45 bits per heavy atom. The number of aliphatic hydroxyl groups is 1. The van der Waals surface area contributed by atoms with Crippen LogP contribution in [0.3, 0.4) is 0 Å². The van der Waals surface area contributed by atoms with Crippen molar-refractivity contribution in [3.63, 3.8) is 0 Å². The van der Waals surface area contributed by atoms with Crippen molar-refractivity contribution >= 4 is 0 Å². The minimum atomic E-state index is 0.0211. The van der Waals surface area contributed by atoms with Crippen LogP contribution in [-0.2, 0) is 4.74 Å². The number of nitrogens with one attached hydrogen (secondary N) is 1. The summed E-state index contributed by atoms with van der Waals surface area (Å²) in [5, 5.41) is 12.0. The molecule has 0 aliphatic rings. The van der Waals surface area contributed by atoms with E-state index in [2.05, 4.69) is 19.2 Å². The molecule has 0 aromatic carbocycles. The van der Waals surface area contributed by atoms with Crippen LogP contribution in [-0.4, -0.2) is 37.5 Å². The van der Waals surface area contributed by atoms with Crippen LogP contribution in [0.5, 0.6) is 0 Å². The van der Waals surface area contributed by atoms with Crippen molar-refractivity contribution in [3.05, 3.63) is 0 Å². The zero-order valence-corrected chi connectivity index (χ0v) is 7.68. The van der Waals surface area contributed by atoms with E-state index in [-0.39, 0.29) is 12.1 Å². The monoisotopic (exact) mass is 161 g/mol. The lowest BCUT2D eigenvalue weighted by Crippen LogP contribution is -2.41. The summed E-state index contributed by atoms with van der Waals surface area (Å²) >= 11 is 0. The van der Waals surface area contributed by atoms with E-state index >= 15 is 0 Å². The Morgan fingerprint density at radius 3 is 2.55 bits per heavy atom. The van der Waals surface area contributed by atoms with Crippen molar-refractivity contribution in [1.82, 2.24) is 5.32 Å². The molecule has 0 fully saturated rings. The van der Waals surface area contributed by atoms with Gasteiger partial charge in [-0.05, 0) is 20.3 Å². The molecule has 0 amide bonds. The molecule has 0 bridgehead atoms. The highest BCUT2D eigenvalue weighted by Crippen LogP contribution is 2.05. The van der Waals surface area contributed by atoms with Crippen molar-refractivity contribution in [1.29, 1.82) is 0 Å². The third kappa shape index (κ3) is 6.28. The van der Waals surface area contributed by atoms with Gasteiger partial charge in [0.05, 0.1) is 6.61 Å². The summed E-state index contributed by atoms with van der Waals surface area (Å²) in [5.41, 5.74) is 0.0211. The second kappa shape index (κ2) is 5.52. The highest BCUT2D eigenvalue weighted by molar-refractivity contribution is 4.76. The van der Waals surface area contributed by atoms with Gasteiger partial charge in [-0.2, -0.15) is 0 Å². The molecule has 68 valence electrons. The molecule has 0 aliphatic carbocycles. The van der Waals surface area contributed by atoms with Gasteiger partial charge in [-0.1, -0.05) is 0 Å². The molecule has 0 aromatic heterocycles. The van der Waals surface area contributed by atoms with E-state index in [1.165, 1.54) is 0 Å². The topological polar surface area (TPSA) is 41.5 Å². The Hall–Kier alpha value is -0.120. The van der Waals surface area contributed by atoms with Crippen molar-refractivity contribution in [2.24, 2.45) is 0 Å². The maximum Gasteiger partial charge on any atom is 0.0587 e. The molecule has 0 aromatic rings. The first-order valence-electron chi connectivity index (χ1n) is 3.97. The fourth-order valence-electron chi connectivity index (χ4n) is 0.859. The zero-order valence-electron chi connectivity index (χ0n) is 7.68. The molecule has 3 heteroatoms. The van der Waals surface area contributed by atoms with Crippen molar-refractivity contribution < 1.29 is 9.84 Å². The molecule has 0 rings (SSSR count). The highest BCUT2D eigenvalue weighted by atomic mass is 16.5. The largest absolute Gasteiger partial charge is 0.396 e. The van der Waals surface area contributed by atoms with Gasteiger partial charge in [0.2, 0.25) is 0 Å². The van der Waals surface area contributed by atoms with E-state index < -0.39 is 0 Å². The van der Waals surface area contributed by atoms with Crippen LogP contribution >= 0.6 is 0 Å². The van der Waals surface area contributed by atoms with E-state index in [1.807, 2.05) is 0 Å². The van der Waals surface area contributed by atoms with Crippen molar-refractivity contribution in [2.75, 3.05) is 26.9 Å². The number of rotatable bonds is 6. The van der Waals surface area contributed by atoms with E-state index in [0.29, 0.717) is 0 Å². The lowest BCUT2D eigenvalue weighted by molar-refractivity contribution is 0.177. The van der Waals surface area contributed by atoms with Crippen molar-refractivity contribution in [3.8, 4) is 0 Å². The zero-order chi connectivity index (χ0) is 8.74. The van der Waals surface area contributed by atoms with E-state index in [0.717, 1.165) is 19.6 Å². The molecular weight excluding hydrogens is 142 g/mol. The molecule has 0 spiro atoms. The Bertz CT molecular complexity index is 94.1. The maximum absolute atomic E-state index is 8.69. The molecule has 0 aliphatic heterocycles. The first-order valence-corrected chi connectivity index (χ1v) is 3.97. The first kappa shape index (κ1) is 10.9. The Morgan fingerprint density at radius 2 is 2.09 bits per heavy atom.